The Kier molecular flexibility index (Phi) is 5.66. The van der Waals surface area contributed by atoms with Crippen LogP contribution in [0.5, 0.6) is 17.4 Å². The second-order valence-corrected chi connectivity index (χ2v) is 6.39. The van der Waals surface area contributed by atoms with E-state index in [1.807, 2.05) is 42.5 Å². The third-order valence-electron chi connectivity index (χ3n) is 4.39. The number of aromatic nitrogens is 2. The van der Waals surface area contributed by atoms with Gasteiger partial charge in [-0.2, -0.15) is 0 Å². The van der Waals surface area contributed by atoms with Crippen molar-refractivity contribution < 1.29 is 14.3 Å². The standard InChI is InChI=1S/C24H19N3O3/c1-29-22-13-6-5-12-20(22)27-24(28)18-10-7-11-19(14-18)30-23-15-21(25-16-26-23)17-8-3-2-4-9-17/h2-16H,1H3,(H,27,28). The van der Waals surface area contributed by atoms with Gasteiger partial charge in [-0.25, -0.2) is 9.97 Å². The molecule has 6 heteroatoms. The van der Waals surface area contributed by atoms with Crippen LogP contribution in [-0.4, -0.2) is 23.0 Å². The fraction of sp³-hybridized carbons (Fsp3) is 0.0417. The van der Waals surface area contributed by atoms with Crippen molar-refractivity contribution >= 4 is 11.6 Å². The highest BCUT2D eigenvalue weighted by Crippen LogP contribution is 2.26. The Morgan fingerprint density at radius 2 is 1.67 bits per heavy atom. The van der Waals surface area contributed by atoms with Gasteiger partial charge in [-0.15, -0.1) is 0 Å². The van der Waals surface area contributed by atoms with Crippen LogP contribution in [0.15, 0.2) is 91.3 Å². The van der Waals surface area contributed by atoms with Crippen molar-refractivity contribution in [3.05, 3.63) is 96.8 Å². The number of benzene rings is 3. The average molecular weight is 397 g/mol. The third kappa shape index (κ3) is 4.44. The maximum Gasteiger partial charge on any atom is 0.255 e. The molecule has 0 fully saturated rings. The number of nitrogens with zero attached hydrogens (tertiary/aromatic N) is 2. The predicted octanol–water partition coefficient (Wildman–Crippen LogP) is 5.20. The summed E-state index contributed by atoms with van der Waals surface area (Å²) in [7, 11) is 1.56. The number of methoxy groups -OCH3 is 1. The number of ether oxygens (including phenoxy) is 2. The Hall–Kier alpha value is -4.19. The van der Waals surface area contributed by atoms with E-state index in [-0.39, 0.29) is 5.91 Å². The summed E-state index contributed by atoms with van der Waals surface area (Å²) < 4.78 is 11.1. The molecule has 6 nitrogen and oxygen atoms in total. The summed E-state index contributed by atoms with van der Waals surface area (Å²) in [6.45, 7) is 0. The van der Waals surface area contributed by atoms with Gasteiger partial charge < -0.3 is 14.8 Å². The second kappa shape index (κ2) is 8.87. The van der Waals surface area contributed by atoms with Crippen molar-refractivity contribution in [3.8, 4) is 28.6 Å². The minimum atomic E-state index is -0.266. The third-order valence-corrected chi connectivity index (χ3v) is 4.39. The summed E-state index contributed by atoms with van der Waals surface area (Å²) in [6, 6.07) is 25.7. The molecule has 1 N–H and O–H groups in total. The molecule has 1 heterocycles. The van der Waals surface area contributed by atoms with E-state index in [0.29, 0.717) is 28.6 Å². The van der Waals surface area contributed by atoms with Gasteiger partial charge in [-0.05, 0) is 30.3 Å². The molecule has 3 aromatic carbocycles. The van der Waals surface area contributed by atoms with Crippen LogP contribution in [0, 0.1) is 0 Å². The van der Waals surface area contributed by atoms with E-state index in [1.165, 1.54) is 6.33 Å². The zero-order valence-electron chi connectivity index (χ0n) is 16.3. The fourth-order valence-electron chi connectivity index (χ4n) is 2.93. The molecule has 0 aliphatic heterocycles. The lowest BCUT2D eigenvalue weighted by Crippen LogP contribution is -2.12. The molecule has 0 aliphatic rings. The lowest BCUT2D eigenvalue weighted by atomic mass is 10.1. The number of carbonyl (C=O) groups excluding carboxylic acids is 1. The number of amides is 1. The molecule has 30 heavy (non-hydrogen) atoms. The largest absolute Gasteiger partial charge is 0.495 e. The van der Waals surface area contributed by atoms with Crippen LogP contribution in [0.25, 0.3) is 11.3 Å². The van der Waals surface area contributed by atoms with Gasteiger partial charge in [0.05, 0.1) is 18.5 Å². The smallest absolute Gasteiger partial charge is 0.255 e. The van der Waals surface area contributed by atoms with Crippen molar-refractivity contribution in [3.63, 3.8) is 0 Å². The normalized spacial score (nSPS) is 10.3. The summed E-state index contributed by atoms with van der Waals surface area (Å²) in [5, 5.41) is 2.85. The van der Waals surface area contributed by atoms with Crippen LogP contribution in [0.3, 0.4) is 0 Å². The van der Waals surface area contributed by atoms with Gasteiger partial charge >= 0.3 is 0 Å². The van der Waals surface area contributed by atoms with Gasteiger partial charge in [-0.3, -0.25) is 4.79 Å². The molecule has 0 bridgehead atoms. The molecular weight excluding hydrogens is 378 g/mol. The summed E-state index contributed by atoms with van der Waals surface area (Å²) in [4.78, 5) is 21.1. The average Bonchev–Trinajstić information content (AvgIpc) is 2.80. The fourth-order valence-corrected chi connectivity index (χ4v) is 2.93. The molecule has 4 rings (SSSR count). The Morgan fingerprint density at radius 3 is 2.50 bits per heavy atom. The predicted molar refractivity (Wildman–Crippen MR) is 115 cm³/mol. The van der Waals surface area contributed by atoms with E-state index in [2.05, 4.69) is 15.3 Å². The molecule has 0 atom stereocenters. The Morgan fingerprint density at radius 1 is 0.867 bits per heavy atom. The molecule has 0 radical (unpaired) electrons. The van der Waals surface area contributed by atoms with Gasteiger partial charge in [-0.1, -0.05) is 48.5 Å². The number of rotatable bonds is 6. The van der Waals surface area contributed by atoms with Crippen molar-refractivity contribution in [1.82, 2.24) is 9.97 Å². The van der Waals surface area contributed by atoms with Crippen LogP contribution >= 0.6 is 0 Å². The number of nitrogens with one attached hydrogen (secondary N) is 1. The maximum absolute atomic E-state index is 12.7. The SMILES string of the molecule is COc1ccccc1NC(=O)c1cccc(Oc2cc(-c3ccccc3)ncn2)c1. The van der Waals surface area contributed by atoms with E-state index in [9.17, 15) is 4.79 Å². The molecule has 148 valence electrons. The van der Waals surface area contributed by atoms with Crippen LogP contribution in [0.2, 0.25) is 0 Å². The summed E-state index contributed by atoms with van der Waals surface area (Å²) >= 11 is 0. The van der Waals surface area contributed by atoms with Crippen LogP contribution < -0.4 is 14.8 Å². The van der Waals surface area contributed by atoms with E-state index in [1.54, 1.807) is 49.6 Å². The van der Waals surface area contributed by atoms with Crippen LogP contribution in [-0.2, 0) is 0 Å². The number of hydrogen-bond donors (Lipinski definition) is 1. The molecule has 0 spiro atoms. The Bertz CT molecular complexity index is 1160. The van der Waals surface area contributed by atoms with Crippen molar-refractivity contribution in [2.45, 2.75) is 0 Å². The van der Waals surface area contributed by atoms with E-state index in [4.69, 9.17) is 9.47 Å². The minimum absolute atomic E-state index is 0.266. The maximum atomic E-state index is 12.7. The molecule has 1 aromatic heterocycles. The van der Waals surface area contributed by atoms with Gasteiger partial charge in [0.15, 0.2) is 0 Å². The second-order valence-electron chi connectivity index (χ2n) is 6.39. The molecule has 0 saturated carbocycles. The molecule has 0 saturated heterocycles. The Labute approximate surface area is 174 Å². The molecular formula is C24H19N3O3. The van der Waals surface area contributed by atoms with Crippen LogP contribution in [0.4, 0.5) is 5.69 Å². The number of anilines is 1. The molecule has 4 aromatic rings. The van der Waals surface area contributed by atoms with Gasteiger partial charge in [0.2, 0.25) is 5.88 Å². The molecule has 1 amide bonds. The summed E-state index contributed by atoms with van der Waals surface area (Å²) in [6.07, 6.45) is 1.45. The van der Waals surface area contributed by atoms with Crippen molar-refractivity contribution in [2.75, 3.05) is 12.4 Å². The molecule has 0 unspecified atom stereocenters. The number of carbonyl (C=O) groups is 1. The van der Waals surface area contributed by atoms with Gasteiger partial charge in [0.25, 0.3) is 5.91 Å². The summed E-state index contributed by atoms with van der Waals surface area (Å²) in [5.74, 6) is 1.22. The van der Waals surface area contributed by atoms with Gasteiger partial charge in [0, 0.05) is 17.2 Å². The van der Waals surface area contributed by atoms with E-state index >= 15 is 0 Å². The lowest BCUT2D eigenvalue weighted by Gasteiger charge is -2.11. The topological polar surface area (TPSA) is 73.3 Å². The summed E-state index contributed by atoms with van der Waals surface area (Å²) in [5.41, 5.74) is 2.77. The zero-order valence-corrected chi connectivity index (χ0v) is 16.3. The quantitative estimate of drug-likeness (QED) is 0.484. The zero-order chi connectivity index (χ0) is 20.8. The number of hydrogen-bond acceptors (Lipinski definition) is 5. The molecule has 0 aliphatic carbocycles. The first-order valence-corrected chi connectivity index (χ1v) is 9.33. The van der Waals surface area contributed by atoms with Crippen molar-refractivity contribution in [2.24, 2.45) is 0 Å². The first kappa shape index (κ1) is 19.1. The lowest BCUT2D eigenvalue weighted by molar-refractivity contribution is 0.102. The van der Waals surface area contributed by atoms with Crippen molar-refractivity contribution in [1.29, 1.82) is 0 Å². The Balaban J connectivity index is 1.52. The first-order chi connectivity index (χ1) is 14.7. The van der Waals surface area contributed by atoms with Gasteiger partial charge in [0.1, 0.15) is 17.8 Å². The highest BCUT2D eigenvalue weighted by molar-refractivity contribution is 6.05. The van der Waals surface area contributed by atoms with E-state index in [0.717, 1.165) is 11.3 Å². The monoisotopic (exact) mass is 397 g/mol. The first-order valence-electron chi connectivity index (χ1n) is 9.33. The number of para-hydroxylation sites is 2. The van der Waals surface area contributed by atoms with E-state index < -0.39 is 0 Å². The minimum Gasteiger partial charge on any atom is -0.495 e. The van der Waals surface area contributed by atoms with Crippen LogP contribution in [0.1, 0.15) is 10.4 Å². The highest BCUT2D eigenvalue weighted by atomic mass is 16.5. The highest BCUT2D eigenvalue weighted by Gasteiger charge is 2.11.